The van der Waals surface area contributed by atoms with Crippen LogP contribution in [0.3, 0.4) is 0 Å². The summed E-state index contributed by atoms with van der Waals surface area (Å²) >= 11 is 1.22. The Labute approximate surface area is 151 Å². The van der Waals surface area contributed by atoms with Crippen molar-refractivity contribution < 1.29 is 15.0 Å². The van der Waals surface area contributed by atoms with E-state index in [1.165, 1.54) is 17.7 Å². The van der Waals surface area contributed by atoms with Crippen molar-refractivity contribution in [3.05, 3.63) is 44.6 Å². The number of aliphatic hydroxyl groups excluding tert-OH is 2. The number of aryl methyl sites for hydroxylation is 1. The maximum atomic E-state index is 13.0. The van der Waals surface area contributed by atoms with Gasteiger partial charge in [-0.05, 0) is 18.6 Å². The van der Waals surface area contributed by atoms with Crippen molar-refractivity contribution in [2.45, 2.75) is 26.1 Å². The van der Waals surface area contributed by atoms with E-state index in [4.69, 9.17) is 5.11 Å². The van der Waals surface area contributed by atoms with Crippen molar-refractivity contribution in [3.8, 4) is 0 Å². The summed E-state index contributed by atoms with van der Waals surface area (Å²) in [6.07, 6.45) is 0.308. The predicted molar refractivity (Wildman–Crippen MR) is 94.0 cm³/mol. The number of aliphatic hydroxyl groups is 2. The highest BCUT2D eigenvalue weighted by atomic mass is 32.1. The van der Waals surface area contributed by atoms with Gasteiger partial charge in [0.1, 0.15) is 10.9 Å². The first kappa shape index (κ1) is 16.9. The molecule has 1 amide bonds. The van der Waals surface area contributed by atoms with Gasteiger partial charge in [-0.25, -0.2) is 4.98 Å². The number of fused-ring (bicyclic) bond motifs is 2. The third-order valence-corrected chi connectivity index (χ3v) is 5.73. The van der Waals surface area contributed by atoms with E-state index < -0.39 is 12.7 Å². The van der Waals surface area contributed by atoms with Gasteiger partial charge in [0.05, 0.1) is 47.7 Å². The van der Waals surface area contributed by atoms with Gasteiger partial charge in [0.2, 0.25) is 0 Å². The Balaban J connectivity index is 1.64. The summed E-state index contributed by atoms with van der Waals surface area (Å²) in [6, 6.07) is 1.70. The Kier molecular flexibility index (Phi) is 4.10. The summed E-state index contributed by atoms with van der Waals surface area (Å²) in [5, 5.41) is 23.5. The Morgan fingerprint density at radius 1 is 1.46 bits per heavy atom. The van der Waals surface area contributed by atoms with Crippen molar-refractivity contribution >= 4 is 27.5 Å². The molecule has 0 spiro atoms. The number of aromatic amines is 1. The minimum absolute atomic E-state index is 0.151. The van der Waals surface area contributed by atoms with Crippen LogP contribution in [0.25, 0.3) is 10.2 Å². The van der Waals surface area contributed by atoms with E-state index in [1.807, 2.05) is 0 Å². The molecule has 0 aromatic carbocycles. The monoisotopic (exact) mass is 375 g/mol. The molecule has 0 saturated heterocycles. The molecule has 9 nitrogen and oxygen atoms in total. The highest BCUT2D eigenvalue weighted by Crippen LogP contribution is 2.29. The molecule has 136 valence electrons. The number of amides is 1. The molecule has 1 aliphatic rings. The van der Waals surface area contributed by atoms with E-state index in [-0.39, 0.29) is 11.5 Å². The minimum Gasteiger partial charge on any atom is -0.393 e. The number of thiophene rings is 1. The van der Waals surface area contributed by atoms with Crippen LogP contribution in [0, 0.1) is 6.92 Å². The van der Waals surface area contributed by atoms with Crippen LogP contribution in [0.4, 0.5) is 0 Å². The molecule has 0 fully saturated rings. The summed E-state index contributed by atoms with van der Waals surface area (Å²) < 4.78 is 1.74. The normalized spacial score (nSPS) is 15.3. The second-order valence-electron chi connectivity index (χ2n) is 6.18. The van der Waals surface area contributed by atoms with E-state index in [1.54, 1.807) is 22.6 Å². The maximum absolute atomic E-state index is 13.0. The van der Waals surface area contributed by atoms with Crippen LogP contribution in [0.5, 0.6) is 0 Å². The van der Waals surface area contributed by atoms with E-state index in [0.29, 0.717) is 46.0 Å². The zero-order valence-electron chi connectivity index (χ0n) is 14.0. The highest BCUT2D eigenvalue weighted by molar-refractivity contribution is 7.20. The Morgan fingerprint density at radius 3 is 3.00 bits per heavy atom. The molecule has 10 heteroatoms. The molecule has 26 heavy (non-hydrogen) atoms. The quantitative estimate of drug-likeness (QED) is 0.599. The molecule has 4 heterocycles. The van der Waals surface area contributed by atoms with Crippen LogP contribution in [-0.2, 0) is 13.1 Å². The van der Waals surface area contributed by atoms with Gasteiger partial charge in [0, 0.05) is 6.54 Å². The number of H-pyrrole nitrogens is 1. The second kappa shape index (κ2) is 6.31. The molecule has 3 N–H and O–H groups in total. The summed E-state index contributed by atoms with van der Waals surface area (Å²) in [7, 11) is 0. The first-order valence-corrected chi connectivity index (χ1v) is 8.93. The van der Waals surface area contributed by atoms with E-state index in [2.05, 4.69) is 15.1 Å². The fourth-order valence-corrected chi connectivity index (χ4v) is 4.26. The van der Waals surface area contributed by atoms with Gasteiger partial charge in [-0.15, -0.1) is 11.3 Å². The molecule has 3 aromatic rings. The molecule has 0 aliphatic carbocycles. The van der Waals surface area contributed by atoms with Gasteiger partial charge in [-0.2, -0.15) is 5.10 Å². The lowest BCUT2D eigenvalue weighted by Crippen LogP contribution is -2.38. The largest absolute Gasteiger partial charge is 0.393 e. The number of rotatable bonds is 3. The molecule has 0 unspecified atom stereocenters. The maximum Gasteiger partial charge on any atom is 0.264 e. The zero-order valence-corrected chi connectivity index (χ0v) is 14.8. The zero-order chi connectivity index (χ0) is 18.4. The standard InChI is InChI=1S/C16H17N5O4S/c1-8-12-14(24)17-7-18-15(12)26-13(8)16(25)20-2-3-21-9(5-20)4-10(19-21)11(23)6-22/h4,7,11,22-23H,2-3,5-6H2,1H3,(H,17,18,24)/t11-/m0/s1. The van der Waals surface area contributed by atoms with Gasteiger partial charge in [-0.1, -0.05) is 0 Å². The molecule has 0 radical (unpaired) electrons. The highest BCUT2D eigenvalue weighted by Gasteiger charge is 2.27. The van der Waals surface area contributed by atoms with Crippen molar-refractivity contribution in [1.82, 2.24) is 24.6 Å². The summed E-state index contributed by atoms with van der Waals surface area (Å²) in [5.74, 6) is -0.151. The van der Waals surface area contributed by atoms with Gasteiger partial charge in [0.15, 0.2) is 0 Å². The molecular weight excluding hydrogens is 358 g/mol. The molecular formula is C16H17N5O4S. The van der Waals surface area contributed by atoms with Crippen LogP contribution >= 0.6 is 11.3 Å². The van der Waals surface area contributed by atoms with Crippen LogP contribution in [-0.4, -0.2) is 53.9 Å². The third-order valence-electron chi connectivity index (χ3n) is 4.55. The van der Waals surface area contributed by atoms with Crippen LogP contribution in [0.15, 0.2) is 17.2 Å². The van der Waals surface area contributed by atoms with Crippen molar-refractivity contribution in [3.63, 3.8) is 0 Å². The second-order valence-corrected chi connectivity index (χ2v) is 7.18. The summed E-state index contributed by atoms with van der Waals surface area (Å²) in [5.41, 5.74) is 1.58. The average molecular weight is 375 g/mol. The van der Waals surface area contributed by atoms with E-state index in [9.17, 15) is 14.7 Å². The van der Waals surface area contributed by atoms with Crippen molar-refractivity contribution in [2.24, 2.45) is 0 Å². The molecule has 3 aromatic heterocycles. The van der Waals surface area contributed by atoms with E-state index in [0.717, 1.165) is 5.69 Å². The summed E-state index contributed by atoms with van der Waals surface area (Å²) in [6.45, 7) is 2.68. The van der Waals surface area contributed by atoms with Crippen molar-refractivity contribution in [2.75, 3.05) is 13.2 Å². The number of aromatic nitrogens is 4. The predicted octanol–water partition coefficient (Wildman–Crippen LogP) is 0.171. The lowest BCUT2D eigenvalue weighted by atomic mass is 10.2. The Hall–Kier alpha value is -2.56. The first-order chi connectivity index (χ1) is 12.5. The molecule has 0 bridgehead atoms. The summed E-state index contributed by atoms with van der Waals surface area (Å²) in [4.78, 5) is 34.4. The van der Waals surface area contributed by atoms with Gasteiger partial charge >= 0.3 is 0 Å². The lowest BCUT2D eigenvalue weighted by molar-refractivity contribution is 0.0709. The Morgan fingerprint density at radius 2 is 2.27 bits per heavy atom. The number of carbonyl (C=O) groups excluding carboxylic acids is 1. The van der Waals surface area contributed by atoms with Crippen LogP contribution in [0.1, 0.15) is 32.7 Å². The average Bonchev–Trinajstić information content (AvgIpc) is 3.21. The van der Waals surface area contributed by atoms with Crippen molar-refractivity contribution in [1.29, 1.82) is 0 Å². The van der Waals surface area contributed by atoms with E-state index >= 15 is 0 Å². The fourth-order valence-electron chi connectivity index (χ4n) is 3.14. The van der Waals surface area contributed by atoms with Gasteiger partial charge < -0.3 is 20.1 Å². The SMILES string of the molecule is Cc1c(C(=O)N2CCn3nc([C@@H](O)CO)cc3C2)sc2nc[nH]c(=O)c12. The number of hydrogen-bond acceptors (Lipinski definition) is 7. The Bertz CT molecular complexity index is 1050. The molecule has 1 atom stereocenters. The minimum atomic E-state index is -1.03. The number of nitrogens with one attached hydrogen (secondary N) is 1. The molecule has 4 rings (SSSR count). The van der Waals surface area contributed by atoms with Gasteiger partial charge in [-0.3, -0.25) is 14.3 Å². The molecule has 0 saturated carbocycles. The molecule has 1 aliphatic heterocycles. The van der Waals surface area contributed by atoms with Gasteiger partial charge in [0.25, 0.3) is 11.5 Å². The van der Waals surface area contributed by atoms with Crippen LogP contribution < -0.4 is 5.56 Å². The third kappa shape index (κ3) is 2.62. The number of hydrogen-bond donors (Lipinski definition) is 3. The smallest absolute Gasteiger partial charge is 0.264 e. The number of carbonyl (C=O) groups is 1. The number of nitrogens with zero attached hydrogens (tertiary/aromatic N) is 4. The fraction of sp³-hybridized carbons (Fsp3) is 0.375. The lowest BCUT2D eigenvalue weighted by Gasteiger charge is -2.27. The first-order valence-electron chi connectivity index (χ1n) is 8.11. The topological polar surface area (TPSA) is 124 Å². The van der Waals surface area contributed by atoms with Crippen LogP contribution in [0.2, 0.25) is 0 Å².